The van der Waals surface area contributed by atoms with Crippen LogP contribution in [0.3, 0.4) is 0 Å². The minimum Gasteiger partial charge on any atom is -0.343 e. The zero-order valence-electron chi connectivity index (χ0n) is 15.6. The first kappa shape index (κ1) is 20.2. The van der Waals surface area contributed by atoms with E-state index in [4.69, 9.17) is 0 Å². The van der Waals surface area contributed by atoms with Crippen LogP contribution in [-0.4, -0.2) is 27.0 Å². The van der Waals surface area contributed by atoms with Gasteiger partial charge in [-0.1, -0.05) is 30.3 Å². The second-order valence-corrected chi connectivity index (χ2v) is 8.73. The lowest BCUT2D eigenvalue weighted by Gasteiger charge is -2.13. The summed E-state index contributed by atoms with van der Waals surface area (Å²) in [6, 6.07) is 14.2. The molecule has 0 aliphatic heterocycles. The summed E-state index contributed by atoms with van der Waals surface area (Å²) in [5.41, 5.74) is 2.55. The zero-order chi connectivity index (χ0) is 21.5. The first-order valence-corrected chi connectivity index (χ1v) is 10.6. The molecule has 0 unspecified atom stereocenters. The van der Waals surface area contributed by atoms with Gasteiger partial charge in [-0.05, 0) is 53.6 Å². The van der Waals surface area contributed by atoms with Crippen molar-refractivity contribution in [3.05, 3.63) is 71.3 Å². The predicted octanol–water partition coefficient (Wildman–Crippen LogP) is 4.03. The second-order valence-electron chi connectivity index (χ2n) is 7.04. The highest BCUT2D eigenvalue weighted by atomic mass is 32.2. The van der Waals surface area contributed by atoms with Crippen molar-refractivity contribution in [2.24, 2.45) is 0 Å². The second kappa shape index (κ2) is 7.32. The lowest BCUT2D eigenvalue weighted by Crippen LogP contribution is -2.33. The number of anilines is 1. The molecule has 3 aromatic carbocycles. The average Bonchev–Trinajstić information content (AvgIpc) is 3.12. The van der Waals surface area contributed by atoms with Crippen molar-refractivity contribution >= 4 is 32.4 Å². The van der Waals surface area contributed by atoms with Crippen molar-refractivity contribution in [3.63, 3.8) is 0 Å². The van der Waals surface area contributed by atoms with Crippen LogP contribution >= 0.6 is 0 Å². The molecular formula is C21H17F3N2O3S. The van der Waals surface area contributed by atoms with Crippen molar-refractivity contribution in [2.45, 2.75) is 23.9 Å². The Morgan fingerprint density at radius 3 is 2.40 bits per heavy atom. The van der Waals surface area contributed by atoms with Crippen molar-refractivity contribution < 1.29 is 26.4 Å². The third-order valence-electron chi connectivity index (χ3n) is 4.98. The Morgan fingerprint density at radius 1 is 0.967 bits per heavy atom. The largest absolute Gasteiger partial charge is 0.405 e. The maximum absolute atomic E-state index is 12.9. The number of nitrogens with one attached hydrogen (secondary N) is 2. The molecule has 0 saturated carbocycles. The van der Waals surface area contributed by atoms with Crippen molar-refractivity contribution in [3.8, 4) is 0 Å². The molecule has 0 fully saturated rings. The Labute approximate surface area is 171 Å². The summed E-state index contributed by atoms with van der Waals surface area (Å²) in [6.07, 6.45) is -2.76. The number of rotatable bonds is 5. The molecule has 9 heteroatoms. The monoisotopic (exact) mass is 434 g/mol. The van der Waals surface area contributed by atoms with E-state index in [1.165, 1.54) is 18.2 Å². The molecule has 1 aliphatic rings. The first-order chi connectivity index (χ1) is 14.1. The van der Waals surface area contributed by atoms with Gasteiger partial charge in [-0.25, -0.2) is 8.42 Å². The number of aryl methyl sites for hydroxylation is 2. The van der Waals surface area contributed by atoms with Gasteiger partial charge >= 0.3 is 6.18 Å². The van der Waals surface area contributed by atoms with Crippen LogP contribution in [0, 0.1) is 0 Å². The summed E-state index contributed by atoms with van der Waals surface area (Å²) in [5.74, 6) is -1.00. The lowest BCUT2D eigenvalue weighted by atomic mass is 10.0. The Morgan fingerprint density at radius 2 is 1.67 bits per heavy atom. The number of amides is 1. The van der Waals surface area contributed by atoms with E-state index < -0.39 is 28.7 Å². The fraction of sp³-hybridized carbons (Fsp3) is 0.190. The van der Waals surface area contributed by atoms with Crippen molar-refractivity contribution in [2.75, 3.05) is 11.3 Å². The van der Waals surface area contributed by atoms with Crippen LogP contribution < -0.4 is 10.0 Å². The van der Waals surface area contributed by atoms with Crippen molar-refractivity contribution in [1.29, 1.82) is 0 Å². The number of carbonyl (C=O) groups excluding carboxylic acids is 1. The van der Waals surface area contributed by atoms with Crippen LogP contribution in [0.5, 0.6) is 0 Å². The van der Waals surface area contributed by atoms with Gasteiger partial charge in [0, 0.05) is 10.9 Å². The number of hydrogen-bond acceptors (Lipinski definition) is 3. The highest BCUT2D eigenvalue weighted by Crippen LogP contribution is 2.35. The van der Waals surface area contributed by atoms with Crippen LogP contribution in [-0.2, 0) is 22.9 Å². The summed E-state index contributed by atoms with van der Waals surface area (Å²) >= 11 is 0. The summed E-state index contributed by atoms with van der Waals surface area (Å²) in [4.78, 5) is 11.7. The first-order valence-electron chi connectivity index (χ1n) is 9.15. The number of alkyl halides is 3. The molecule has 4 rings (SSSR count). The molecule has 0 heterocycles. The highest BCUT2D eigenvalue weighted by molar-refractivity contribution is 7.92. The molecular weight excluding hydrogens is 417 g/mol. The number of halogens is 3. The van der Waals surface area contributed by atoms with E-state index in [2.05, 4.69) is 4.72 Å². The van der Waals surface area contributed by atoms with E-state index in [0.29, 0.717) is 5.69 Å². The molecule has 1 aliphatic carbocycles. The SMILES string of the molecule is O=C(NCC(F)(F)F)c1cccc(S(=O)(=O)Nc2ccc3c4c(cccc24)CC3)c1. The molecule has 2 N–H and O–H groups in total. The molecule has 30 heavy (non-hydrogen) atoms. The maximum atomic E-state index is 12.9. The van der Waals surface area contributed by atoms with E-state index in [-0.39, 0.29) is 10.5 Å². The van der Waals surface area contributed by atoms with Crippen molar-refractivity contribution in [1.82, 2.24) is 5.32 Å². The summed E-state index contributed by atoms with van der Waals surface area (Å²) < 4.78 is 65.3. The molecule has 0 saturated heterocycles. The molecule has 0 bridgehead atoms. The van der Waals surface area contributed by atoms with Gasteiger partial charge in [0.05, 0.1) is 10.6 Å². The molecule has 156 valence electrons. The average molecular weight is 434 g/mol. The summed E-state index contributed by atoms with van der Waals surface area (Å²) in [6.45, 7) is -1.50. The number of benzene rings is 3. The van der Waals surface area contributed by atoms with Gasteiger partial charge in [0.15, 0.2) is 0 Å². The standard InChI is InChI=1S/C21H17F3N2O3S/c22-21(23,24)12-25-20(27)15-4-1-5-16(11-15)30(28,29)26-18-10-9-14-8-7-13-3-2-6-17(18)19(13)14/h1-6,9-11,26H,7-8,12H2,(H,25,27). The lowest BCUT2D eigenvalue weighted by molar-refractivity contribution is -0.123. The zero-order valence-corrected chi connectivity index (χ0v) is 16.4. The molecule has 1 amide bonds. The van der Waals surface area contributed by atoms with Gasteiger partial charge in [-0.2, -0.15) is 13.2 Å². The fourth-order valence-electron chi connectivity index (χ4n) is 3.63. The topological polar surface area (TPSA) is 75.3 Å². The number of carbonyl (C=O) groups is 1. The molecule has 0 aromatic heterocycles. The molecule has 3 aromatic rings. The number of sulfonamides is 1. The van der Waals surface area contributed by atoms with Gasteiger partial charge < -0.3 is 5.32 Å². The number of hydrogen-bond donors (Lipinski definition) is 2. The molecule has 5 nitrogen and oxygen atoms in total. The Bertz CT molecular complexity index is 1240. The summed E-state index contributed by atoms with van der Waals surface area (Å²) in [5, 5.41) is 3.55. The normalized spacial score (nSPS) is 13.4. The van der Waals surface area contributed by atoms with E-state index >= 15 is 0 Å². The predicted molar refractivity (Wildman–Crippen MR) is 107 cm³/mol. The van der Waals surface area contributed by atoms with E-state index in [9.17, 15) is 26.4 Å². The van der Waals surface area contributed by atoms with Crippen LogP contribution in [0.4, 0.5) is 18.9 Å². The Kier molecular flexibility index (Phi) is 4.93. The molecule has 0 radical (unpaired) electrons. The van der Waals surface area contributed by atoms with E-state index in [1.807, 2.05) is 24.3 Å². The van der Waals surface area contributed by atoms with Gasteiger partial charge in [-0.3, -0.25) is 9.52 Å². The molecule has 0 atom stereocenters. The van der Waals surface area contributed by atoms with Crippen LogP contribution in [0.25, 0.3) is 10.8 Å². The van der Waals surface area contributed by atoms with Crippen LogP contribution in [0.15, 0.2) is 59.5 Å². The van der Waals surface area contributed by atoms with Gasteiger partial charge in [0.1, 0.15) is 6.54 Å². The fourth-order valence-corrected chi connectivity index (χ4v) is 4.75. The Hall–Kier alpha value is -3.07. The van der Waals surface area contributed by atoms with Crippen LogP contribution in [0.1, 0.15) is 21.5 Å². The highest BCUT2D eigenvalue weighted by Gasteiger charge is 2.28. The molecule has 0 spiro atoms. The van der Waals surface area contributed by atoms with Gasteiger partial charge in [0.25, 0.3) is 15.9 Å². The summed E-state index contributed by atoms with van der Waals surface area (Å²) in [7, 11) is -4.06. The van der Waals surface area contributed by atoms with Crippen LogP contribution in [0.2, 0.25) is 0 Å². The maximum Gasteiger partial charge on any atom is 0.405 e. The minimum absolute atomic E-state index is 0.178. The smallest absolute Gasteiger partial charge is 0.343 e. The van der Waals surface area contributed by atoms with Gasteiger partial charge in [0.2, 0.25) is 0 Å². The quantitative estimate of drug-likeness (QED) is 0.637. The Balaban J connectivity index is 1.63. The van der Waals surface area contributed by atoms with E-state index in [1.54, 1.807) is 11.4 Å². The van der Waals surface area contributed by atoms with Gasteiger partial charge in [-0.15, -0.1) is 0 Å². The van der Waals surface area contributed by atoms with E-state index in [0.717, 1.165) is 40.8 Å². The minimum atomic E-state index is -4.56. The third-order valence-corrected chi connectivity index (χ3v) is 6.34. The third kappa shape index (κ3) is 3.97.